The van der Waals surface area contributed by atoms with E-state index >= 15 is 0 Å². The molecule has 0 aliphatic heterocycles. The average Bonchev–Trinajstić information content (AvgIpc) is 2.82. The van der Waals surface area contributed by atoms with E-state index in [4.69, 9.17) is 23.2 Å². The van der Waals surface area contributed by atoms with Gasteiger partial charge in [0, 0.05) is 18.1 Å². The van der Waals surface area contributed by atoms with Gasteiger partial charge in [0.1, 0.15) is 5.67 Å². The van der Waals surface area contributed by atoms with Crippen LogP contribution in [0.2, 0.25) is 10.0 Å². The number of nitrogens with zero attached hydrogens (tertiary/aromatic N) is 1. The average molecular weight is 542 g/mol. The summed E-state index contributed by atoms with van der Waals surface area (Å²) in [6, 6.07) is 14.5. The maximum atomic E-state index is 14.8. The maximum absolute atomic E-state index is 14.8. The van der Waals surface area contributed by atoms with Crippen LogP contribution in [-0.2, 0) is 24.8 Å². The molecule has 190 valence electrons. The van der Waals surface area contributed by atoms with Gasteiger partial charge < -0.3 is 4.90 Å². The monoisotopic (exact) mass is 541 g/mol. The Labute approximate surface area is 215 Å². The van der Waals surface area contributed by atoms with Gasteiger partial charge >= 0.3 is 6.18 Å². The van der Waals surface area contributed by atoms with Gasteiger partial charge in [-0.15, -0.1) is 0 Å². The summed E-state index contributed by atoms with van der Waals surface area (Å²) < 4.78 is 69.4. The number of benzene rings is 3. The zero-order valence-corrected chi connectivity index (χ0v) is 20.5. The van der Waals surface area contributed by atoms with Crippen LogP contribution in [0.5, 0.6) is 0 Å². The molecule has 1 amide bonds. The van der Waals surface area contributed by atoms with Crippen LogP contribution >= 0.6 is 23.2 Å². The summed E-state index contributed by atoms with van der Waals surface area (Å²) in [7, 11) is 0. The minimum absolute atomic E-state index is 0.0146. The summed E-state index contributed by atoms with van der Waals surface area (Å²) in [6.07, 6.45) is -2.74. The summed E-state index contributed by atoms with van der Waals surface area (Å²) in [5, 5.41) is -0.256. The highest BCUT2D eigenvalue weighted by atomic mass is 35.5. The van der Waals surface area contributed by atoms with Crippen LogP contribution in [0.4, 0.5) is 22.0 Å². The van der Waals surface area contributed by atoms with E-state index in [2.05, 4.69) is 0 Å². The van der Waals surface area contributed by atoms with Crippen LogP contribution in [0.15, 0.2) is 60.7 Å². The highest BCUT2D eigenvalue weighted by Gasteiger charge is 2.38. The third kappa shape index (κ3) is 5.84. The molecule has 2 nitrogen and oxygen atoms in total. The standard InChI is InChI=1S/C27H22Cl2F5NO/c28-21-8-4-17(5-9-21)10-13-35(16-18-2-6-19(7-3-18)26(31)11-1-12-26)25(36)22-14-20(27(32,33)34)15-23(29)24(22)30/h2-9,14-15H,1,10-13,16H2. The molecule has 9 heteroatoms. The molecule has 0 unspecified atom stereocenters. The zero-order chi connectivity index (χ0) is 26.1. The molecule has 4 rings (SSSR count). The minimum Gasteiger partial charge on any atom is -0.334 e. The van der Waals surface area contributed by atoms with Crippen molar-refractivity contribution in [2.45, 2.75) is 44.1 Å². The number of carbonyl (C=O) groups is 1. The molecule has 0 aromatic heterocycles. The van der Waals surface area contributed by atoms with Gasteiger partial charge in [0.05, 0.1) is 16.1 Å². The Balaban J connectivity index is 1.62. The third-order valence-corrected chi connectivity index (χ3v) is 6.97. The quantitative estimate of drug-likeness (QED) is 0.275. The van der Waals surface area contributed by atoms with Gasteiger partial charge in [-0.05, 0) is 66.6 Å². The molecule has 3 aromatic rings. The van der Waals surface area contributed by atoms with Crippen LogP contribution in [0.3, 0.4) is 0 Å². The summed E-state index contributed by atoms with van der Waals surface area (Å²) in [5.41, 5.74) is -1.32. The summed E-state index contributed by atoms with van der Waals surface area (Å²) >= 11 is 11.6. The van der Waals surface area contributed by atoms with E-state index in [1.54, 1.807) is 48.5 Å². The number of hydrogen-bond acceptors (Lipinski definition) is 1. The Kier molecular flexibility index (Phi) is 7.62. The van der Waals surface area contributed by atoms with Gasteiger partial charge in [0.2, 0.25) is 0 Å². The van der Waals surface area contributed by atoms with E-state index in [9.17, 15) is 26.7 Å². The summed E-state index contributed by atoms with van der Waals surface area (Å²) in [5.74, 6) is -2.15. The highest BCUT2D eigenvalue weighted by Crippen LogP contribution is 2.45. The Bertz CT molecular complexity index is 1240. The van der Waals surface area contributed by atoms with Crippen LogP contribution in [0.25, 0.3) is 0 Å². The first-order valence-electron chi connectivity index (χ1n) is 11.3. The van der Waals surface area contributed by atoms with Crippen LogP contribution in [0, 0.1) is 5.82 Å². The molecule has 3 aromatic carbocycles. The normalized spacial score (nSPS) is 14.9. The first kappa shape index (κ1) is 26.4. The second-order valence-electron chi connectivity index (χ2n) is 8.94. The third-order valence-electron chi connectivity index (χ3n) is 6.45. The number of hydrogen-bond donors (Lipinski definition) is 0. The van der Waals surface area contributed by atoms with Crippen molar-refractivity contribution in [3.63, 3.8) is 0 Å². The minimum atomic E-state index is -4.81. The fourth-order valence-corrected chi connectivity index (χ4v) is 4.50. The number of carbonyl (C=O) groups excluding carboxylic acids is 1. The van der Waals surface area contributed by atoms with Crippen LogP contribution < -0.4 is 0 Å². The predicted molar refractivity (Wildman–Crippen MR) is 129 cm³/mol. The van der Waals surface area contributed by atoms with E-state index in [0.29, 0.717) is 47.5 Å². The molecule has 36 heavy (non-hydrogen) atoms. The molecule has 0 radical (unpaired) electrons. The summed E-state index contributed by atoms with van der Waals surface area (Å²) in [4.78, 5) is 14.6. The zero-order valence-electron chi connectivity index (χ0n) is 19.0. The molecule has 1 aliphatic carbocycles. The van der Waals surface area contributed by atoms with Crippen molar-refractivity contribution in [2.75, 3.05) is 6.54 Å². The lowest BCUT2D eigenvalue weighted by molar-refractivity contribution is -0.137. The van der Waals surface area contributed by atoms with Crippen molar-refractivity contribution in [3.8, 4) is 0 Å². The molecule has 0 spiro atoms. The smallest absolute Gasteiger partial charge is 0.334 e. The molecular weight excluding hydrogens is 520 g/mol. The molecule has 0 saturated heterocycles. The lowest BCUT2D eigenvalue weighted by Crippen LogP contribution is -2.33. The predicted octanol–water partition coefficient (Wildman–Crippen LogP) is 8.39. The molecule has 1 fully saturated rings. The van der Waals surface area contributed by atoms with E-state index in [-0.39, 0.29) is 13.1 Å². The number of alkyl halides is 4. The first-order valence-corrected chi connectivity index (χ1v) is 12.1. The lowest BCUT2D eigenvalue weighted by atomic mass is 9.77. The highest BCUT2D eigenvalue weighted by molar-refractivity contribution is 6.31. The van der Waals surface area contributed by atoms with Gasteiger partial charge in [0.25, 0.3) is 5.91 Å². The molecule has 0 heterocycles. The molecule has 0 bridgehead atoms. The molecule has 0 N–H and O–H groups in total. The fourth-order valence-electron chi connectivity index (χ4n) is 4.15. The lowest BCUT2D eigenvalue weighted by Gasteiger charge is -2.34. The number of halogens is 7. The molecule has 1 saturated carbocycles. The fraction of sp³-hybridized carbons (Fsp3) is 0.296. The Morgan fingerprint density at radius 1 is 0.944 bits per heavy atom. The summed E-state index contributed by atoms with van der Waals surface area (Å²) in [6.45, 7) is 0.0713. The topological polar surface area (TPSA) is 20.3 Å². The van der Waals surface area contributed by atoms with Gasteiger partial charge in [-0.25, -0.2) is 8.78 Å². The van der Waals surface area contributed by atoms with E-state index in [0.717, 1.165) is 12.0 Å². The van der Waals surface area contributed by atoms with Gasteiger partial charge in [-0.3, -0.25) is 4.79 Å². The van der Waals surface area contributed by atoms with E-state index in [1.165, 1.54) is 4.90 Å². The first-order chi connectivity index (χ1) is 17.0. The van der Waals surface area contributed by atoms with Crippen molar-refractivity contribution in [1.29, 1.82) is 0 Å². The van der Waals surface area contributed by atoms with Gasteiger partial charge in [-0.1, -0.05) is 59.6 Å². The Morgan fingerprint density at radius 2 is 1.56 bits per heavy atom. The second kappa shape index (κ2) is 10.4. The van der Waals surface area contributed by atoms with Crippen molar-refractivity contribution in [1.82, 2.24) is 4.90 Å². The Hall–Kier alpha value is -2.64. The van der Waals surface area contributed by atoms with Crippen molar-refractivity contribution in [2.24, 2.45) is 0 Å². The Morgan fingerprint density at radius 3 is 2.11 bits per heavy atom. The van der Waals surface area contributed by atoms with E-state index in [1.807, 2.05) is 0 Å². The molecule has 1 aliphatic rings. The maximum Gasteiger partial charge on any atom is 0.416 e. The van der Waals surface area contributed by atoms with Gasteiger partial charge in [-0.2, -0.15) is 13.2 Å². The van der Waals surface area contributed by atoms with Crippen molar-refractivity contribution in [3.05, 3.63) is 104 Å². The number of rotatable bonds is 7. The number of amides is 1. The van der Waals surface area contributed by atoms with Crippen LogP contribution in [0.1, 0.15) is 51.9 Å². The van der Waals surface area contributed by atoms with Crippen LogP contribution in [-0.4, -0.2) is 17.4 Å². The second-order valence-corrected chi connectivity index (χ2v) is 9.78. The largest absolute Gasteiger partial charge is 0.416 e. The molecular formula is C27H22Cl2F5NO. The van der Waals surface area contributed by atoms with Crippen molar-refractivity contribution < 1.29 is 26.7 Å². The van der Waals surface area contributed by atoms with E-state index < -0.39 is 39.7 Å². The SMILES string of the molecule is O=C(c1cc(C(F)(F)F)cc(Cl)c1F)N(CCc1ccc(Cl)cc1)Cc1ccc(C2(F)CCC2)cc1. The van der Waals surface area contributed by atoms with Crippen molar-refractivity contribution >= 4 is 29.1 Å². The molecule has 0 atom stereocenters. The van der Waals surface area contributed by atoms with Gasteiger partial charge in [0.15, 0.2) is 5.82 Å².